The topological polar surface area (TPSA) is 0 Å². The molecule has 0 saturated heterocycles. The van der Waals surface area contributed by atoms with Crippen LogP contribution in [0.15, 0.2) is 22.8 Å². The zero-order valence-electron chi connectivity index (χ0n) is 6.24. The molecule has 0 aliphatic heterocycles. The number of rotatable bonds is 2. The number of halogens is 1. The Hall–Kier alpha value is -0.230. The summed E-state index contributed by atoms with van der Waals surface area (Å²) in [4.78, 5) is 0. The lowest BCUT2D eigenvalue weighted by molar-refractivity contribution is 1.13. The van der Waals surface area contributed by atoms with E-state index in [0.717, 1.165) is 11.5 Å². The van der Waals surface area contributed by atoms with Gasteiger partial charge >= 0.3 is 0 Å². The van der Waals surface area contributed by atoms with Crippen molar-refractivity contribution < 1.29 is 0 Å². The van der Waals surface area contributed by atoms with Crippen LogP contribution in [0.4, 0.5) is 0 Å². The van der Waals surface area contributed by atoms with Crippen molar-refractivity contribution in [2.45, 2.75) is 27.2 Å². The minimum absolute atomic E-state index is 0.899. The highest BCUT2D eigenvalue weighted by atomic mass is 35.5. The van der Waals surface area contributed by atoms with Crippen molar-refractivity contribution in [3.63, 3.8) is 0 Å². The molecule has 9 heavy (non-hydrogen) atoms. The Balaban J connectivity index is 4.16. The molecule has 0 aromatic rings. The molecular formula is C8H13Cl. The Labute approximate surface area is 62.2 Å². The van der Waals surface area contributed by atoms with Crippen LogP contribution in [0.1, 0.15) is 27.2 Å². The third kappa shape index (κ3) is 3.36. The summed E-state index contributed by atoms with van der Waals surface area (Å²) in [5.41, 5.74) is 1.22. The Bertz CT molecular complexity index is 128. The Morgan fingerprint density at radius 2 is 2.11 bits per heavy atom. The van der Waals surface area contributed by atoms with Crippen LogP contribution in [0, 0.1) is 0 Å². The van der Waals surface area contributed by atoms with Crippen LogP contribution in [0.5, 0.6) is 0 Å². The SMILES string of the molecule is CC=CC(CC)=C(C)Cl. The molecule has 1 heteroatoms. The molecule has 0 nitrogen and oxygen atoms in total. The third-order valence-electron chi connectivity index (χ3n) is 1.19. The van der Waals surface area contributed by atoms with Gasteiger partial charge in [-0.15, -0.1) is 0 Å². The highest BCUT2D eigenvalue weighted by Gasteiger charge is 1.89. The molecular weight excluding hydrogens is 132 g/mol. The molecule has 0 amide bonds. The summed E-state index contributed by atoms with van der Waals surface area (Å²) in [6.07, 6.45) is 5.06. The number of allylic oxidation sites excluding steroid dienone is 4. The van der Waals surface area contributed by atoms with E-state index < -0.39 is 0 Å². The molecule has 0 bridgehead atoms. The van der Waals surface area contributed by atoms with Crippen LogP contribution in [-0.2, 0) is 0 Å². The Morgan fingerprint density at radius 3 is 2.22 bits per heavy atom. The van der Waals surface area contributed by atoms with E-state index in [4.69, 9.17) is 11.6 Å². The van der Waals surface area contributed by atoms with E-state index in [1.807, 2.05) is 26.0 Å². The van der Waals surface area contributed by atoms with Gasteiger partial charge in [0, 0.05) is 5.03 Å². The molecule has 0 rings (SSSR count). The quantitative estimate of drug-likeness (QED) is 0.521. The van der Waals surface area contributed by atoms with Gasteiger partial charge in [0.1, 0.15) is 0 Å². The van der Waals surface area contributed by atoms with Gasteiger partial charge in [0.25, 0.3) is 0 Å². The largest absolute Gasteiger partial charge is 0.0892 e. The molecule has 0 unspecified atom stereocenters. The van der Waals surface area contributed by atoms with Crippen LogP contribution < -0.4 is 0 Å². The molecule has 0 spiro atoms. The second-order valence-corrected chi connectivity index (χ2v) is 2.48. The molecule has 0 aliphatic rings. The minimum atomic E-state index is 0.899. The summed E-state index contributed by atoms with van der Waals surface area (Å²) in [6, 6.07) is 0. The second kappa shape index (κ2) is 4.63. The minimum Gasteiger partial charge on any atom is -0.0892 e. The van der Waals surface area contributed by atoms with E-state index in [9.17, 15) is 0 Å². The summed E-state index contributed by atoms with van der Waals surface area (Å²) in [5.74, 6) is 0. The molecule has 0 saturated carbocycles. The van der Waals surface area contributed by atoms with Gasteiger partial charge in [-0.1, -0.05) is 30.7 Å². The molecule has 0 aliphatic carbocycles. The lowest BCUT2D eigenvalue weighted by atomic mass is 10.2. The fraction of sp³-hybridized carbons (Fsp3) is 0.500. The van der Waals surface area contributed by atoms with Gasteiger partial charge < -0.3 is 0 Å². The summed E-state index contributed by atoms with van der Waals surface area (Å²) in [5, 5.41) is 0.899. The first-order valence-electron chi connectivity index (χ1n) is 3.20. The average molecular weight is 145 g/mol. The molecule has 0 radical (unpaired) electrons. The van der Waals surface area contributed by atoms with Crippen LogP contribution in [-0.4, -0.2) is 0 Å². The van der Waals surface area contributed by atoms with Crippen molar-refractivity contribution in [2.75, 3.05) is 0 Å². The van der Waals surface area contributed by atoms with Crippen LogP contribution in [0.3, 0.4) is 0 Å². The molecule has 0 N–H and O–H groups in total. The van der Waals surface area contributed by atoms with Gasteiger partial charge in [-0.25, -0.2) is 0 Å². The molecule has 0 aromatic heterocycles. The molecule has 0 heterocycles. The normalized spacial score (nSPS) is 14.2. The maximum atomic E-state index is 5.75. The molecule has 0 aromatic carbocycles. The first-order valence-corrected chi connectivity index (χ1v) is 3.58. The van der Waals surface area contributed by atoms with Gasteiger partial charge in [-0.05, 0) is 25.8 Å². The van der Waals surface area contributed by atoms with E-state index in [0.29, 0.717) is 0 Å². The Kier molecular flexibility index (Phi) is 4.51. The van der Waals surface area contributed by atoms with E-state index in [2.05, 4.69) is 6.92 Å². The van der Waals surface area contributed by atoms with Crippen molar-refractivity contribution in [3.8, 4) is 0 Å². The number of hydrogen-bond donors (Lipinski definition) is 0. The summed E-state index contributed by atoms with van der Waals surface area (Å²) < 4.78 is 0. The van der Waals surface area contributed by atoms with Gasteiger partial charge in [0.2, 0.25) is 0 Å². The van der Waals surface area contributed by atoms with Crippen molar-refractivity contribution >= 4 is 11.6 Å². The maximum absolute atomic E-state index is 5.75. The van der Waals surface area contributed by atoms with Crippen LogP contribution in [0.25, 0.3) is 0 Å². The van der Waals surface area contributed by atoms with E-state index in [-0.39, 0.29) is 0 Å². The monoisotopic (exact) mass is 144 g/mol. The predicted molar refractivity (Wildman–Crippen MR) is 43.7 cm³/mol. The molecule has 52 valence electrons. The predicted octanol–water partition coefficient (Wildman–Crippen LogP) is 3.49. The first kappa shape index (κ1) is 8.77. The van der Waals surface area contributed by atoms with Crippen LogP contribution >= 0.6 is 11.6 Å². The fourth-order valence-electron chi connectivity index (χ4n) is 0.677. The second-order valence-electron chi connectivity index (χ2n) is 1.91. The van der Waals surface area contributed by atoms with Gasteiger partial charge in [0.15, 0.2) is 0 Å². The standard InChI is InChI=1S/C8H13Cl/c1-4-6-8(5-2)7(3)9/h4,6H,5H2,1-3H3. The average Bonchev–Trinajstić information content (AvgIpc) is 1.82. The van der Waals surface area contributed by atoms with Crippen molar-refractivity contribution in [3.05, 3.63) is 22.8 Å². The fourth-order valence-corrected chi connectivity index (χ4v) is 0.874. The highest BCUT2D eigenvalue weighted by Crippen LogP contribution is 2.12. The lowest BCUT2D eigenvalue weighted by Crippen LogP contribution is -1.75. The van der Waals surface area contributed by atoms with E-state index in [1.165, 1.54) is 5.57 Å². The van der Waals surface area contributed by atoms with Gasteiger partial charge in [-0.2, -0.15) is 0 Å². The van der Waals surface area contributed by atoms with Crippen molar-refractivity contribution in [1.82, 2.24) is 0 Å². The molecule has 0 atom stereocenters. The van der Waals surface area contributed by atoms with E-state index in [1.54, 1.807) is 0 Å². The maximum Gasteiger partial charge on any atom is 0.0181 e. The van der Waals surface area contributed by atoms with Crippen LogP contribution in [0.2, 0.25) is 0 Å². The van der Waals surface area contributed by atoms with Crippen molar-refractivity contribution in [2.24, 2.45) is 0 Å². The summed E-state index contributed by atoms with van der Waals surface area (Å²) >= 11 is 5.75. The first-order chi connectivity index (χ1) is 4.22. The van der Waals surface area contributed by atoms with Crippen molar-refractivity contribution in [1.29, 1.82) is 0 Å². The summed E-state index contributed by atoms with van der Waals surface area (Å²) in [7, 11) is 0. The zero-order valence-corrected chi connectivity index (χ0v) is 7.00. The smallest absolute Gasteiger partial charge is 0.0181 e. The van der Waals surface area contributed by atoms with Gasteiger partial charge in [0.05, 0.1) is 0 Å². The Morgan fingerprint density at radius 1 is 1.56 bits per heavy atom. The summed E-state index contributed by atoms with van der Waals surface area (Å²) in [6.45, 7) is 6.01. The number of hydrogen-bond acceptors (Lipinski definition) is 0. The zero-order chi connectivity index (χ0) is 7.28. The highest BCUT2D eigenvalue weighted by molar-refractivity contribution is 6.29. The molecule has 0 fully saturated rings. The van der Waals surface area contributed by atoms with E-state index >= 15 is 0 Å². The van der Waals surface area contributed by atoms with Gasteiger partial charge in [-0.3, -0.25) is 0 Å². The lowest BCUT2D eigenvalue weighted by Gasteiger charge is -1.95. The third-order valence-corrected chi connectivity index (χ3v) is 1.43.